The first-order chi connectivity index (χ1) is 8.90. The quantitative estimate of drug-likeness (QED) is 0.616. The molecule has 108 valence electrons. The number of hydrogen-bond donors (Lipinski definition) is 1. The molecule has 0 amide bonds. The summed E-state index contributed by atoms with van der Waals surface area (Å²) in [5.41, 5.74) is 0. The number of thioether (sulfide) groups is 1. The van der Waals surface area contributed by atoms with Crippen LogP contribution < -0.4 is 0 Å². The number of H-pyrrole nitrogens is 1. The van der Waals surface area contributed by atoms with Crippen LogP contribution in [0, 0.1) is 5.92 Å². The van der Waals surface area contributed by atoms with Crippen LogP contribution in [0.25, 0.3) is 0 Å². The number of aromatic amines is 1. The summed E-state index contributed by atoms with van der Waals surface area (Å²) in [5.74, 6) is 1.47. The molecule has 1 unspecified atom stereocenters. The molecule has 1 rings (SSSR count). The second kappa shape index (κ2) is 7.53. The molecule has 6 heteroatoms. The number of aromatic nitrogens is 3. The molecule has 0 aliphatic rings. The number of ether oxygens (including phenoxy) is 1. The van der Waals surface area contributed by atoms with E-state index in [4.69, 9.17) is 4.74 Å². The summed E-state index contributed by atoms with van der Waals surface area (Å²) in [4.78, 5) is 16.1. The molecule has 1 atom stereocenters. The van der Waals surface area contributed by atoms with E-state index in [1.54, 1.807) is 0 Å². The van der Waals surface area contributed by atoms with Crippen molar-refractivity contribution in [1.82, 2.24) is 15.2 Å². The van der Waals surface area contributed by atoms with Crippen molar-refractivity contribution in [3.05, 3.63) is 5.82 Å². The van der Waals surface area contributed by atoms with Crippen molar-refractivity contribution < 1.29 is 9.53 Å². The summed E-state index contributed by atoms with van der Waals surface area (Å²) < 4.78 is 5.22. The van der Waals surface area contributed by atoms with E-state index in [0.717, 1.165) is 12.2 Å². The Bertz CT molecular complexity index is 404. The van der Waals surface area contributed by atoms with Gasteiger partial charge in [-0.15, -0.1) is 5.10 Å². The van der Waals surface area contributed by atoms with E-state index in [-0.39, 0.29) is 11.2 Å². The summed E-state index contributed by atoms with van der Waals surface area (Å²) in [6.07, 6.45) is 0.890. The van der Waals surface area contributed by atoms with Crippen LogP contribution >= 0.6 is 11.8 Å². The molecule has 0 aliphatic carbocycles. The lowest BCUT2D eigenvalue weighted by Crippen LogP contribution is -2.18. The van der Waals surface area contributed by atoms with Crippen molar-refractivity contribution in [3.63, 3.8) is 0 Å². The Morgan fingerprint density at radius 1 is 1.32 bits per heavy atom. The SMILES string of the molecule is CC(C)CCOC(=O)C(C)Sc1n[nH]c(C(C)C)n1. The first-order valence-electron chi connectivity index (χ1n) is 6.65. The predicted octanol–water partition coefficient (Wildman–Crippen LogP) is 3.00. The molecule has 0 saturated heterocycles. The molecule has 1 aromatic heterocycles. The topological polar surface area (TPSA) is 67.9 Å². The van der Waals surface area contributed by atoms with E-state index in [0.29, 0.717) is 23.6 Å². The number of nitrogens with zero attached hydrogens (tertiary/aromatic N) is 2. The third-order valence-corrected chi connectivity index (χ3v) is 3.52. The van der Waals surface area contributed by atoms with Gasteiger partial charge in [0.2, 0.25) is 5.16 Å². The molecular formula is C13H23N3O2S. The van der Waals surface area contributed by atoms with E-state index >= 15 is 0 Å². The largest absolute Gasteiger partial charge is 0.465 e. The predicted molar refractivity (Wildman–Crippen MR) is 76.2 cm³/mol. The number of rotatable bonds is 7. The molecule has 0 saturated carbocycles. The Kier molecular flexibility index (Phi) is 6.34. The highest BCUT2D eigenvalue weighted by molar-refractivity contribution is 8.00. The zero-order valence-corrected chi connectivity index (χ0v) is 13.1. The van der Waals surface area contributed by atoms with E-state index in [2.05, 4.69) is 29.0 Å². The summed E-state index contributed by atoms with van der Waals surface area (Å²) in [5, 5.41) is 7.27. The molecular weight excluding hydrogens is 262 g/mol. The van der Waals surface area contributed by atoms with Gasteiger partial charge < -0.3 is 4.74 Å². The van der Waals surface area contributed by atoms with Crippen LogP contribution in [0.5, 0.6) is 0 Å². The van der Waals surface area contributed by atoms with Crippen LogP contribution in [0.2, 0.25) is 0 Å². The van der Waals surface area contributed by atoms with Gasteiger partial charge in [0.15, 0.2) is 0 Å². The number of nitrogens with one attached hydrogen (secondary N) is 1. The Morgan fingerprint density at radius 2 is 2.00 bits per heavy atom. The molecule has 5 nitrogen and oxygen atoms in total. The van der Waals surface area contributed by atoms with Crippen LogP contribution in [-0.2, 0) is 9.53 Å². The average Bonchev–Trinajstić information content (AvgIpc) is 2.76. The molecule has 0 aromatic carbocycles. The van der Waals surface area contributed by atoms with Gasteiger partial charge in [0.1, 0.15) is 11.1 Å². The average molecular weight is 285 g/mol. The number of carbonyl (C=O) groups excluding carboxylic acids is 1. The number of carbonyl (C=O) groups is 1. The fourth-order valence-electron chi connectivity index (χ4n) is 1.29. The van der Waals surface area contributed by atoms with Crippen LogP contribution in [0.1, 0.15) is 52.8 Å². The minimum absolute atomic E-state index is 0.207. The van der Waals surface area contributed by atoms with Gasteiger partial charge >= 0.3 is 5.97 Å². The van der Waals surface area contributed by atoms with Gasteiger partial charge in [0.05, 0.1) is 6.61 Å². The second-order valence-corrected chi connectivity index (χ2v) is 6.58. The molecule has 1 N–H and O–H groups in total. The lowest BCUT2D eigenvalue weighted by Gasteiger charge is -2.10. The van der Waals surface area contributed by atoms with Crippen molar-refractivity contribution in [1.29, 1.82) is 0 Å². The normalized spacial score (nSPS) is 13.0. The summed E-state index contributed by atoms with van der Waals surface area (Å²) in [6.45, 7) is 10.6. The zero-order chi connectivity index (χ0) is 14.4. The second-order valence-electron chi connectivity index (χ2n) is 5.27. The maximum Gasteiger partial charge on any atom is 0.319 e. The zero-order valence-electron chi connectivity index (χ0n) is 12.3. The van der Waals surface area contributed by atoms with Gasteiger partial charge in [-0.2, -0.15) is 0 Å². The Balaban J connectivity index is 2.40. The molecule has 0 spiro atoms. The van der Waals surface area contributed by atoms with E-state index in [1.807, 2.05) is 20.8 Å². The van der Waals surface area contributed by atoms with E-state index < -0.39 is 0 Å². The summed E-state index contributed by atoms with van der Waals surface area (Å²) in [6, 6.07) is 0. The van der Waals surface area contributed by atoms with Gasteiger partial charge in [-0.1, -0.05) is 39.5 Å². The van der Waals surface area contributed by atoms with Crippen molar-refractivity contribution in [3.8, 4) is 0 Å². The van der Waals surface area contributed by atoms with Crippen molar-refractivity contribution in [2.24, 2.45) is 5.92 Å². The van der Waals surface area contributed by atoms with Gasteiger partial charge in [0.25, 0.3) is 0 Å². The minimum Gasteiger partial charge on any atom is -0.465 e. The van der Waals surface area contributed by atoms with Gasteiger partial charge in [-0.05, 0) is 19.3 Å². The molecule has 0 fully saturated rings. The third kappa shape index (κ3) is 5.63. The number of esters is 1. The Labute approximate surface area is 118 Å². The molecule has 1 aromatic rings. The standard InChI is InChI=1S/C13H23N3O2S/c1-8(2)6-7-18-12(17)10(5)19-13-14-11(9(3)4)15-16-13/h8-10H,6-7H2,1-5H3,(H,14,15,16). The van der Waals surface area contributed by atoms with Crippen LogP contribution in [0.15, 0.2) is 5.16 Å². The fourth-order valence-corrected chi connectivity index (χ4v) is 2.02. The van der Waals surface area contributed by atoms with E-state index in [9.17, 15) is 4.79 Å². The molecule has 0 aliphatic heterocycles. The monoisotopic (exact) mass is 285 g/mol. The molecule has 19 heavy (non-hydrogen) atoms. The maximum absolute atomic E-state index is 11.8. The lowest BCUT2D eigenvalue weighted by atomic mass is 10.1. The first-order valence-corrected chi connectivity index (χ1v) is 7.53. The minimum atomic E-state index is -0.289. The van der Waals surface area contributed by atoms with Gasteiger partial charge in [0, 0.05) is 5.92 Å². The van der Waals surface area contributed by atoms with E-state index in [1.165, 1.54) is 11.8 Å². The van der Waals surface area contributed by atoms with Crippen LogP contribution in [0.3, 0.4) is 0 Å². The van der Waals surface area contributed by atoms with Gasteiger partial charge in [-0.3, -0.25) is 9.89 Å². The highest BCUT2D eigenvalue weighted by Gasteiger charge is 2.19. The third-order valence-electron chi connectivity index (χ3n) is 2.58. The van der Waals surface area contributed by atoms with Crippen molar-refractivity contribution in [2.75, 3.05) is 6.61 Å². The van der Waals surface area contributed by atoms with Gasteiger partial charge in [-0.25, -0.2) is 4.98 Å². The highest BCUT2D eigenvalue weighted by atomic mass is 32.2. The molecule has 0 bridgehead atoms. The summed E-state index contributed by atoms with van der Waals surface area (Å²) in [7, 11) is 0. The van der Waals surface area contributed by atoms with Crippen molar-refractivity contribution >= 4 is 17.7 Å². The maximum atomic E-state index is 11.8. The smallest absolute Gasteiger partial charge is 0.319 e. The summed E-state index contributed by atoms with van der Waals surface area (Å²) >= 11 is 1.32. The van der Waals surface area contributed by atoms with Crippen molar-refractivity contribution in [2.45, 2.75) is 57.4 Å². The fraction of sp³-hybridized carbons (Fsp3) is 0.769. The van der Waals surface area contributed by atoms with Crippen LogP contribution in [0.4, 0.5) is 0 Å². The number of hydrogen-bond acceptors (Lipinski definition) is 5. The molecule has 1 heterocycles. The molecule has 0 radical (unpaired) electrons. The lowest BCUT2D eigenvalue weighted by molar-refractivity contribution is -0.142. The Morgan fingerprint density at radius 3 is 2.53 bits per heavy atom. The Hall–Kier alpha value is -1.04. The highest BCUT2D eigenvalue weighted by Crippen LogP contribution is 2.21. The van der Waals surface area contributed by atoms with Crippen LogP contribution in [-0.4, -0.2) is 33.0 Å². The first kappa shape index (κ1) is 16.0.